The van der Waals surface area contributed by atoms with E-state index in [-0.39, 0.29) is 0 Å². The number of hydrogen-bond donors (Lipinski definition) is 0. The van der Waals surface area contributed by atoms with Crippen LogP contribution in [0, 0.1) is 5.92 Å². The Balaban J connectivity index is 1.76. The lowest BCUT2D eigenvalue weighted by Crippen LogP contribution is -2.11. The van der Waals surface area contributed by atoms with Crippen molar-refractivity contribution in [2.75, 3.05) is 0 Å². The van der Waals surface area contributed by atoms with Crippen LogP contribution >= 0.6 is 0 Å². The van der Waals surface area contributed by atoms with Crippen molar-refractivity contribution < 1.29 is 0 Å². The Morgan fingerprint density at radius 3 is 2.32 bits per heavy atom. The molecule has 2 aromatic heterocycles. The molecule has 0 N–H and O–H groups in total. The highest BCUT2D eigenvalue weighted by atomic mass is 14.9. The van der Waals surface area contributed by atoms with Crippen molar-refractivity contribution in [2.45, 2.75) is 38.5 Å². The van der Waals surface area contributed by atoms with Gasteiger partial charge in [0.05, 0.1) is 0 Å². The largest absolute Gasteiger partial charge is 0.260 e. The highest BCUT2D eigenvalue weighted by molar-refractivity contribution is 5.52. The summed E-state index contributed by atoms with van der Waals surface area (Å²) in [5, 5.41) is 0. The van der Waals surface area contributed by atoms with Crippen LogP contribution in [0.3, 0.4) is 0 Å². The summed E-state index contributed by atoms with van der Waals surface area (Å²) in [4.78, 5) is 13.1. The van der Waals surface area contributed by atoms with Crippen LogP contribution in [0.5, 0.6) is 0 Å². The van der Waals surface area contributed by atoms with E-state index < -0.39 is 0 Å². The third kappa shape index (κ3) is 2.80. The summed E-state index contributed by atoms with van der Waals surface area (Å²) in [6.07, 6.45) is 10.6. The molecule has 1 aliphatic carbocycles. The van der Waals surface area contributed by atoms with Gasteiger partial charge in [0.25, 0.3) is 0 Å². The molecule has 0 aromatic carbocycles. The summed E-state index contributed by atoms with van der Waals surface area (Å²) in [5.41, 5.74) is 2.22. The summed E-state index contributed by atoms with van der Waals surface area (Å²) < 4.78 is 0. The van der Waals surface area contributed by atoms with E-state index in [0.717, 1.165) is 17.3 Å². The van der Waals surface area contributed by atoms with E-state index in [9.17, 15) is 0 Å². The lowest BCUT2D eigenvalue weighted by Gasteiger charge is -2.25. The molecule has 2 heterocycles. The molecule has 3 rings (SSSR count). The molecular weight excluding hydrogens is 234 g/mol. The smallest absolute Gasteiger partial charge is 0.160 e. The summed E-state index contributed by atoms with van der Waals surface area (Å²) in [6.45, 7) is 2.35. The Bertz CT molecular complexity index is 513. The average Bonchev–Trinajstić information content (AvgIpc) is 2.49. The number of nitrogens with zero attached hydrogens (tertiary/aromatic N) is 3. The molecule has 0 atom stereocenters. The van der Waals surface area contributed by atoms with Gasteiger partial charge in [0, 0.05) is 35.8 Å². The van der Waals surface area contributed by atoms with Gasteiger partial charge in [-0.2, -0.15) is 0 Å². The maximum atomic E-state index is 4.62. The minimum Gasteiger partial charge on any atom is -0.260 e. The fourth-order valence-corrected chi connectivity index (χ4v) is 2.78. The topological polar surface area (TPSA) is 38.7 Å². The molecule has 0 radical (unpaired) electrons. The Kier molecular flexibility index (Phi) is 3.53. The van der Waals surface area contributed by atoms with E-state index in [1.54, 1.807) is 12.4 Å². The monoisotopic (exact) mass is 253 g/mol. The Morgan fingerprint density at radius 1 is 0.947 bits per heavy atom. The van der Waals surface area contributed by atoms with Gasteiger partial charge >= 0.3 is 0 Å². The highest BCUT2D eigenvalue weighted by Crippen LogP contribution is 2.34. The normalized spacial score (nSPS) is 23.2. The van der Waals surface area contributed by atoms with Gasteiger partial charge in [0.15, 0.2) is 5.82 Å². The number of hydrogen-bond acceptors (Lipinski definition) is 3. The number of pyridine rings is 1. The number of aromatic nitrogens is 3. The molecule has 0 saturated heterocycles. The van der Waals surface area contributed by atoms with Crippen LogP contribution in [0.1, 0.15) is 44.2 Å². The van der Waals surface area contributed by atoms with E-state index in [0.29, 0.717) is 5.92 Å². The fourth-order valence-electron chi connectivity index (χ4n) is 2.78. The lowest BCUT2D eigenvalue weighted by molar-refractivity contribution is 0.344. The van der Waals surface area contributed by atoms with E-state index >= 15 is 0 Å². The zero-order valence-electron chi connectivity index (χ0n) is 11.3. The minimum atomic E-state index is 0.641. The van der Waals surface area contributed by atoms with Crippen LogP contribution in [0.25, 0.3) is 11.4 Å². The molecule has 3 nitrogen and oxygen atoms in total. The van der Waals surface area contributed by atoms with Gasteiger partial charge in [-0.3, -0.25) is 4.98 Å². The molecule has 19 heavy (non-hydrogen) atoms. The molecule has 2 aromatic rings. The van der Waals surface area contributed by atoms with Gasteiger partial charge in [-0.1, -0.05) is 19.8 Å². The first kappa shape index (κ1) is 12.3. The van der Waals surface area contributed by atoms with E-state index in [2.05, 4.69) is 34.0 Å². The van der Waals surface area contributed by atoms with Crippen LogP contribution in [-0.2, 0) is 0 Å². The second-order valence-electron chi connectivity index (χ2n) is 5.50. The molecule has 0 bridgehead atoms. The predicted molar refractivity (Wildman–Crippen MR) is 75.6 cm³/mol. The number of rotatable bonds is 2. The second-order valence-corrected chi connectivity index (χ2v) is 5.50. The van der Waals surface area contributed by atoms with Crippen LogP contribution in [0.4, 0.5) is 0 Å². The molecule has 1 fully saturated rings. The summed E-state index contributed by atoms with van der Waals surface area (Å²) in [6, 6.07) is 6.07. The second kappa shape index (κ2) is 5.47. The summed E-state index contributed by atoms with van der Waals surface area (Å²) in [5.74, 6) is 2.27. The minimum absolute atomic E-state index is 0.641. The van der Waals surface area contributed by atoms with Gasteiger partial charge in [-0.05, 0) is 37.0 Å². The molecule has 3 heteroatoms. The first-order valence-corrected chi connectivity index (χ1v) is 7.06. The SMILES string of the molecule is CC1CCC(c2ccc(-c3ncccn3)cn2)CC1. The van der Waals surface area contributed by atoms with Crippen molar-refractivity contribution in [1.29, 1.82) is 0 Å². The van der Waals surface area contributed by atoms with Gasteiger partial charge in [0.1, 0.15) is 0 Å². The van der Waals surface area contributed by atoms with E-state index in [1.807, 2.05) is 12.3 Å². The van der Waals surface area contributed by atoms with Crippen molar-refractivity contribution in [3.8, 4) is 11.4 Å². The van der Waals surface area contributed by atoms with Crippen molar-refractivity contribution >= 4 is 0 Å². The lowest BCUT2D eigenvalue weighted by atomic mass is 9.81. The third-order valence-electron chi connectivity index (χ3n) is 4.04. The maximum Gasteiger partial charge on any atom is 0.160 e. The summed E-state index contributed by atoms with van der Waals surface area (Å²) in [7, 11) is 0. The maximum absolute atomic E-state index is 4.62. The molecule has 1 aliphatic rings. The predicted octanol–water partition coefficient (Wildman–Crippen LogP) is 3.83. The highest BCUT2D eigenvalue weighted by Gasteiger charge is 2.20. The third-order valence-corrected chi connectivity index (χ3v) is 4.04. The van der Waals surface area contributed by atoms with Gasteiger partial charge in [0.2, 0.25) is 0 Å². The molecule has 98 valence electrons. The van der Waals surface area contributed by atoms with Crippen molar-refractivity contribution in [3.63, 3.8) is 0 Å². The van der Waals surface area contributed by atoms with E-state index in [4.69, 9.17) is 0 Å². The Labute approximate surface area is 114 Å². The molecule has 0 unspecified atom stereocenters. The molecule has 1 saturated carbocycles. The van der Waals surface area contributed by atoms with Crippen LogP contribution in [-0.4, -0.2) is 15.0 Å². The molecule has 0 spiro atoms. The molecular formula is C16H19N3. The Morgan fingerprint density at radius 2 is 1.68 bits per heavy atom. The van der Waals surface area contributed by atoms with Crippen molar-refractivity contribution in [1.82, 2.24) is 15.0 Å². The van der Waals surface area contributed by atoms with Gasteiger partial charge in [-0.25, -0.2) is 9.97 Å². The zero-order valence-corrected chi connectivity index (χ0v) is 11.3. The summed E-state index contributed by atoms with van der Waals surface area (Å²) >= 11 is 0. The Hall–Kier alpha value is -1.77. The zero-order chi connectivity index (χ0) is 13.1. The first-order valence-electron chi connectivity index (χ1n) is 7.06. The van der Waals surface area contributed by atoms with Crippen molar-refractivity contribution in [3.05, 3.63) is 42.5 Å². The molecule has 0 amide bonds. The van der Waals surface area contributed by atoms with Gasteiger partial charge < -0.3 is 0 Å². The quantitative estimate of drug-likeness (QED) is 0.816. The van der Waals surface area contributed by atoms with Crippen LogP contribution in [0.2, 0.25) is 0 Å². The standard InChI is InChI=1S/C16H19N3/c1-12-3-5-13(6-4-12)15-8-7-14(11-19-15)16-17-9-2-10-18-16/h2,7-13H,3-6H2,1H3. The fraction of sp³-hybridized carbons (Fsp3) is 0.438. The first-order chi connectivity index (χ1) is 9.33. The van der Waals surface area contributed by atoms with Crippen LogP contribution in [0.15, 0.2) is 36.8 Å². The molecule has 0 aliphatic heterocycles. The van der Waals surface area contributed by atoms with Crippen molar-refractivity contribution in [2.24, 2.45) is 5.92 Å². The van der Waals surface area contributed by atoms with Crippen LogP contribution < -0.4 is 0 Å². The van der Waals surface area contributed by atoms with E-state index in [1.165, 1.54) is 31.4 Å². The van der Waals surface area contributed by atoms with Gasteiger partial charge in [-0.15, -0.1) is 0 Å². The average molecular weight is 253 g/mol.